The molecule has 2 heterocycles. The summed E-state index contributed by atoms with van der Waals surface area (Å²) in [4.78, 5) is 24.3. The SMILES string of the molecule is CC(C)(C)c1cc(CC2CC(CN)C2)cc(SC(F)(F)F)c1.C[C@H](NCCCN=C(N)N)c1ccc(-n2cc3cc(C(C)(C)C)[nH]c3nc2=O)cc1. The van der Waals surface area contributed by atoms with Gasteiger partial charge in [0.05, 0.1) is 5.69 Å². The number of aliphatic imine (C=N–C) groups is 1. The number of H-pyrrole nitrogens is 1. The first kappa shape index (κ1) is 41.0. The third-order valence-corrected chi connectivity index (χ3v) is 10.0. The number of nitrogens with one attached hydrogen (secondary N) is 2. The maximum atomic E-state index is 12.7. The van der Waals surface area contributed by atoms with E-state index >= 15 is 0 Å². The summed E-state index contributed by atoms with van der Waals surface area (Å²) in [6, 6.07) is 15.6. The summed E-state index contributed by atoms with van der Waals surface area (Å²) in [5.41, 5.74) is 17.1. The van der Waals surface area contributed by atoms with Crippen molar-refractivity contribution in [2.24, 2.45) is 34.0 Å². The molecule has 1 aliphatic rings. The minimum absolute atomic E-state index is 0.0171. The second kappa shape index (κ2) is 16.9. The number of hydrogen-bond donors (Lipinski definition) is 5. The average Bonchev–Trinajstić information content (AvgIpc) is 3.44. The highest BCUT2D eigenvalue weighted by Crippen LogP contribution is 2.41. The number of halogens is 3. The molecule has 8 N–H and O–H groups in total. The van der Waals surface area contributed by atoms with E-state index in [2.05, 4.69) is 60.1 Å². The molecule has 0 amide bonds. The summed E-state index contributed by atoms with van der Waals surface area (Å²) < 4.78 is 39.6. The van der Waals surface area contributed by atoms with Gasteiger partial charge in [0.25, 0.3) is 0 Å². The second-order valence-corrected chi connectivity index (χ2v) is 17.0. The summed E-state index contributed by atoms with van der Waals surface area (Å²) in [6.45, 7) is 16.7. The Bertz CT molecular complexity index is 1860. The number of hydrogen-bond acceptors (Lipinski definition) is 6. The Balaban J connectivity index is 0.000000244. The smallest absolute Gasteiger partial charge is 0.370 e. The molecular formula is C39H55F3N8OS. The lowest BCUT2D eigenvalue weighted by molar-refractivity contribution is -0.0328. The van der Waals surface area contributed by atoms with Crippen LogP contribution in [0.1, 0.15) is 96.2 Å². The fourth-order valence-electron chi connectivity index (χ4n) is 6.20. The average molecular weight is 741 g/mol. The van der Waals surface area contributed by atoms with Crippen LogP contribution in [0.5, 0.6) is 0 Å². The lowest BCUT2D eigenvalue weighted by Gasteiger charge is -2.35. The molecular weight excluding hydrogens is 686 g/mol. The Labute approximate surface area is 309 Å². The van der Waals surface area contributed by atoms with Gasteiger partial charge in [-0.25, -0.2) is 4.79 Å². The van der Waals surface area contributed by atoms with Gasteiger partial charge in [-0.2, -0.15) is 18.2 Å². The number of fused-ring (bicyclic) bond motifs is 1. The number of guanidine groups is 1. The van der Waals surface area contributed by atoms with E-state index in [4.69, 9.17) is 17.2 Å². The normalized spacial score (nSPS) is 16.9. The van der Waals surface area contributed by atoms with Crippen LogP contribution in [0.4, 0.5) is 13.2 Å². The Morgan fingerprint density at radius 2 is 1.69 bits per heavy atom. The van der Waals surface area contributed by atoms with Gasteiger partial charge in [0.2, 0.25) is 0 Å². The summed E-state index contributed by atoms with van der Waals surface area (Å²) in [7, 11) is 0. The Morgan fingerprint density at radius 3 is 2.27 bits per heavy atom. The van der Waals surface area contributed by atoms with Crippen molar-refractivity contribution in [1.82, 2.24) is 19.9 Å². The van der Waals surface area contributed by atoms with Crippen LogP contribution in [0.25, 0.3) is 16.7 Å². The molecule has 0 spiro atoms. The molecule has 13 heteroatoms. The number of nitrogens with two attached hydrogens (primary N) is 3. The molecule has 0 bridgehead atoms. The molecule has 0 radical (unpaired) electrons. The van der Waals surface area contributed by atoms with Gasteiger partial charge in [0.1, 0.15) is 5.65 Å². The van der Waals surface area contributed by atoms with Gasteiger partial charge in [0.15, 0.2) is 5.96 Å². The lowest BCUT2D eigenvalue weighted by atomic mass is 9.72. The van der Waals surface area contributed by atoms with Crippen LogP contribution in [0.2, 0.25) is 0 Å². The van der Waals surface area contributed by atoms with Crippen LogP contribution in [-0.4, -0.2) is 45.6 Å². The van der Waals surface area contributed by atoms with Crippen molar-refractivity contribution in [3.63, 3.8) is 0 Å². The molecule has 0 unspecified atom stereocenters. The van der Waals surface area contributed by atoms with Crippen LogP contribution in [0, 0.1) is 11.8 Å². The predicted octanol–water partition coefficient (Wildman–Crippen LogP) is 7.45. The minimum atomic E-state index is -4.24. The molecule has 0 saturated heterocycles. The molecule has 5 rings (SSSR count). The van der Waals surface area contributed by atoms with Crippen molar-refractivity contribution in [1.29, 1.82) is 0 Å². The Kier molecular flexibility index (Phi) is 13.3. The molecule has 2 aromatic heterocycles. The van der Waals surface area contributed by atoms with Gasteiger partial charge in [-0.05, 0) is 122 Å². The summed E-state index contributed by atoms with van der Waals surface area (Å²) in [5.74, 6) is 1.28. The number of benzene rings is 2. The Hall–Kier alpha value is -3.81. The van der Waals surface area contributed by atoms with E-state index in [-0.39, 0.29) is 40.3 Å². The molecule has 2 aromatic carbocycles. The van der Waals surface area contributed by atoms with Crippen LogP contribution in [0.15, 0.2) is 69.4 Å². The molecule has 9 nitrogen and oxygen atoms in total. The summed E-state index contributed by atoms with van der Waals surface area (Å²) in [5, 5.41) is 4.36. The molecule has 1 aliphatic carbocycles. The molecule has 4 aromatic rings. The Morgan fingerprint density at radius 1 is 1.02 bits per heavy atom. The number of rotatable bonds is 11. The first-order valence-corrected chi connectivity index (χ1v) is 18.7. The highest BCUT2D eigenvalue weighted by molar-refractivity contribution is 8.00. The maximum Gasteiger partial charge on any atom is 0.446 e. The van der Waals surface area contributed by atoms with Crippen LogP contribution >= 0.6 is 11.8 Å². The van der Waals surface area contributed by atoms with E-state index in [9.17, 15) is 18.0 Å². The van der Waals surface area contributed by atoms with Gasteiger partial charge >= 0.3 is 11.2 Å². The zero-order valence-corrected chi connectivity index (χ0v) is 32.2. The first-order chi connectivity index (χ1) is 24.2. The van der Waals surface area contributed by atoms with Gasteiger partial charge < -0.3 is 27.5 Å². The monoisotopic (exact) mass is 740 g/mol. The van der Waals surface area contributed by atoms with Gasteiger partial charge in [-0.1, -0.05) is 59.7 Å². The van der Waals surface area contributed by atoms with Crippen molar-refractivity contribution >= 4 is 28.8 Å². The first-order valence-electron chi connectivity index (χ1n) is 17.8. The van der Waals surface area contributed by atoms with Crippen LogP contribution in [0.3, 0.4) is 0 Å². The van der Waals surface area contributed by atoms with Gasteiger partial charge in [0, 0.05) is 40.2 Å². The van der Waals surface area contributed by atoms with Crippen molar-refractivity contribution in [3.8, 4) is 5.69 Å². The zero-order valence-electron chi connectivity index (χ0n) is 31.4. The summed E-state index contributed by atoms with van der Waals surface area (Å²) >= 11 is -0.0171. The fraction of sp³-hybridized carbons (Fsp3) is 0.513. The van der Waals surface area contributed by atoms with Crippen LogP contribution < -0.4 is 28.2 Å². The predicted molar refractivity (Wildman–Crippen MR) is 208 cm³/mol. The molecule has 1 atom stereocenters. The second-order valence-electron chi connectivity index (χ2n) is 15.9. The molecule has 1 saturated carbocycles. The number of nitrogens with zero attached hydrogens (tertiary/aromatic N) is 3. The standard InChI is InChI=1S/C22H31N7O.C17H24F3NS/c1-14(25-10-5-11-26-20(23)24)15-6-8-17(9-7-15)29-13-16-12-18(22(2,3)4)27-19(16)28-21(29)30;1-16(2,3)14-7-12(4-11-5-13(6-11)10-21)8-15(9-14)22-17(18,19)20/h6-9,12-14,25H,5,10-11H2,1-4H3,(H4,23,24,26)(H,27,28,30);7-9,11,13H,4-6,10,21H2,1-3H3/t14-;/m0./s1. The van der Waals surface area contributed by atoms with Gasteiger partial charge in [-0.3, -0.25) is 9.56 Å². The molecule has 52 heavy (non-hydrogen) atoms. The number of aromatic nitrogens is 3. The van der Waals surface area contributed by atoms with E-state index in [0.29, 0.717) is 35.5 Å². The van der Waals surface area contributed by atoms with E-state index in [1.165, 1.54) is 0 Å². The number of alkyl halides is 3. The minimum Gasteiger partial charge on any atom is -0.370 e. The molecule has 1 fully saturated rings. The van der Waals surface area contributed by atoms with Gasteiger partial charge in [-0.15, -0.1) is 0 Å². The zero-order chi connectivity index (χ0) is 38.4. The highest BCUT2D eigenvalue weighted by Gasteiger charge is 2.31. The fourth-order valence-corrected chi connectivity index (χ4v) is 6.86. The lowest BCUT2D eigenvalue weighted by Crippen LogP contribution is -2.31. The molecule has 0 aliphatic heterocycles. The van der Waals surface area contributed by atoms with Crippen molar-refractivity contribution in [2.45, 2.75) is 101 Å². The van der Waals surface area contributed by atoms with E-state index < -0.39 is 5.51 Å². The van der Waals surface area contributed by atoms with Crippen LogP contribution in [-0.2, 0) is 17.3 Å². The van der Waals surface area contributed by atoms with E-state index in [1.807, 2.05) is 51.2 Å². The van der Waals surface area contributed by atoms with Crippen molar-refractivity contribution < 1.29 is 13.2 Å². The van der Waals surface area contributed by atoms with Crippen molar-refractivity contribution in [3.05, 3.63) is 87.6 Å². The largest absolute Gasteiger partial charge is 0.446 e. The topological polar surface area (TPSA) is 153 Å². The maximum absolute atomic E-state index is 12.7. The third-order valence-electron chi connectivity index (χ3n) is 9.32. The summed E-state index contributed by atoms with van der Waals surface area (Å²) in [6.07, 6.45) is 5.74. The number of thioether (sulfide) groups is 1. The van der Waals surface area contributed by atoms with E-state index in [0.717, 1.165) is 65.7 Å². The highest BCUT2D eigenvalue weighted by atomic mass is 32.2. The number of aromatic amines is 1. The van der Waals surface area contributed by atoms with E-state index in [1.54, 1.807) is 16.7 Å². The third kappa shape index (κ3) is 11.9. The van der Waals surface area contributed by atoms with Crippen molar-refractivity contribution in [2.75, 3.05) is 19.6 Å². The quantitative estimate of drug-likeness (QED) is 0.0464. The molecule has 284 valence electrons.